The molecule has 2 unspecified atom stereocenters. The summed E-state index contributed by atoms with van der Waals surface area (Å²) >= 11 is 3.44. The first-order valence-electron chi connectivity index (χ1n) is 7.34. The van der Waals surface area contributed by atoms with Crippen LogP contribution in [0.25, 0.3) is 0 Å². The number of rotatable bonds is 6. The normalized spacial score (nSPS) is 19.5. The Labute approximate surface area is 124 Å². The van der Waals surface area contributed by atoms with Crippen LogP contribution in [0.1, 0.15) is 50.0 Å². The maximum absolute atomic E-state index is 10.4. The molecule has 2 rings (SSSR count). The van der Waals surface area contributed by atoms with Gasteiger partial charge in [0, 0.05) is 16.9 Å². The van der Waals surface area contributed by atoms with E-state index in [1.807, 2.05) is 12.1 Å². The second-order valence-electron chi connectivity index (χ2n) is 5.69. The molecule has 106 valence electrons. The van der Waals surface area contributed by atoms with Gasteiger partial charge in [0.1, 0.15) is 0 Å². The smallest absolute Gasteiger partial charge is 0.0621 e. The van der Waals surface area contributed by atoms with Crippen LogP contribution in [0, 0.1) is 5.92 Å². The van der Waals surface area contributed by atoms with E-state index in [1.54, 1.807) is 0 Å². The van der Waals surface area contributed by atoms with Gasteiger partial charge in [-0.1, -0.05) is 53.7 Å². The number of halogens is 1. The lowest BCUT2D eigenvalue weighted by atomic mass is 9.88. The van der Waals surface area contributed by atoms with Crippen LogP contribution in [0.2, 0.25) is 0 Å². The van der Waals surface area contributed by atoms with Gasteiger partial charge in [0.05, 0.1) is 6.10 Å². The minimum Gasteiger partial charge on any atom is -0.392 e. The molecule has 0 aliphatic heterocycles. The predicted molar refractivity (Wildman–Crippen MR) is 83.1 cm³/mol. The lowest BCUT2D eigenvalue weighted by Gasteiger charge is -2.23. The second-order valence-corrected chi connectivity index (χ2v) is 6.60. The molecule has 2 atom stereocenters. The van der Waals surface area contributed by atoms with Crippen LogP contribution in [0.15, 0.2) is 28.7 Å². The van der Waals surface area contributed by atoms with Crippen molar-refractivity contribution < 1.29 is 5.11 Å². The fourth-order valence-electron chi connectivity index (χ4n) is 3.13. The largest absolute Gasteiger partial charge is 0.392 e. The van der Waals surface area contributed by atoms with E-state index in [9.17, 15) is 5.11 Å². The molecular formula is C16H24BrNO. The zero-order chi connectivity index (χ0) is 13.7. The molecule has 1 saturated carbocycles. The molecule has 1 aliphatic rings. The van der Waals surface area contributed by atoms with Crippen LogP contribution in [-0.4, -0.2) is 17.8 Å². The molecular weight excluding hydrogens is 302 g/mol. The Hall–Kier alpha value is -0.380. The number of hydrogen-bond acceptors (Lipinski definition) is 2. The fraction of sp³-hybridized carbons (Fsp3) is 0.625. The summed E-state index contributed by atoms with van der Waals surface area (Å²) in [5, 5.41) is 10.4. The Morgan fingerprint density at radius 3 is 2.42 bits per heavy atom. The summed E-state index contributed by atoms with van der Waals surface area (Å²) in [6.07, 6.45) is 7.14. The molecule has 0 heterocycles. The topological polar surface area (TPSA) is 46.2 Å². The fourth-order valence-corrected chi connectivity index (χ4v) is 3.40. The predicted octanol–water partition coefficient (Wildman–Crippen LogP) is 3.82. The molecule has 1 aromatic carbocycles. The standard InChI is InChI=1S/C16H24BrNO/c17-14-8-6-13(7-9-14)15(11-18)16(19)10-5-12-3-1-2-4-12/h6-9,12,15-16,19H,1-5,10-11,18H2. The van der Waals surface area contributed by atoms with E-state index in [0.717, 1.165) is 28.8 Å². The van der Waals surface area contributed by atoms with Crippen molar-refractivity contribution in [3.63, 3.8) is 0 Å². The van der Waals surface area contributed by atoms with E-state index in [0.29, 0.717) is 6.54 Å². The Morgan fingerprint density at radius 1 is 1.21 bits per heavy atom. The van der Waals surface area contributed by atoms with E-state index < -0.39 is 0 Å². The van der Waals surface area contributed by atoms with Crippen LogP contribution in [0.5, 0.6) is 0 Å². The molecule has 0 saturated heterocycles. The monoisotopic (exact) mass is 325 g/mol. The van der Waals surface area contributed by atoms with E-state index in [4.69, 9.17) is 5.73 Å². The summed E-state index contributed by atoms with van der Waals surface area (Å²) in [7, 11) is 0. The molecule has 0 radical (unpaired) electrons. The second kappa shape index (κ2) is 7.41. The van der Waals surface area contributed by atoms with Crippen LogP contribution >= 0.6 is 15.9 Å². The molecule has 0 bridgehead atoms. The maximum Gasteiger partial charge on any atom is 0.0621 e. The Morgan fingerprint density at radius 2 is 1.84 bits per heavy atom. The summed E-state index contributed by atoms with van der Waals surface area (Å²) in [4.78, 5) is 0. The van der Waals surface area contributed by atoms with Crippen molar-refractivity contribution in [2.24, 2.45) is 11.7 Å². The molecule has 1 fully saturated rings. The molecule has 0 aromatic heterocycles. The van der Waals surface area contributed by atoms with Gasteiger partial charge >= 0.3 is 0 Å². The molecule has 1 aliphatic carbocycles. The summed E-state index contributed by atoms with van der Waals surface area (Å²) in [6.45, 7) is 0.507. The van der Waals surface area contributed by atoms with Crippen molar-refractivity contribution in [2.75, 3.05) is 6.54 Å². The highest BCUT2D eigenvalue weighted by Gasteiger charge is 2.22. The van der Waals surface area contributed by atoms with Gasteiger partial charge in [-0.25, -0.2) is 0 Å². The SMILES string of the molecule is NCC(c1ccc(Br)cc1)C(O)CCC1CCCC1. The van der Waals surface area contributed by atoms with Gasteiger partial charge < -0.3 is 10.8 Å². The molecule has 2 nitrogen and oxygen atoms in total. The van der Waals surface area contributed by atoms with Crippen molar-refractivity contribution >= 4 is 15.9 Å². The highest BCUT2D eigenvalue weighted by molar-refractivity contribution is 9.10. The summed E-state index contributed by atoms with van der Waals surface area (Å²) in [6, 6.07) is 8.14. The van der Waals surface area contributed by atoms with Crippen molar-refractivity contribution in [1.82, 2.24) is 0 Å². The molecule has 1 aromatic rings. The molecule has 3 N–H and O–H groups in total. The average molecular weight is 326 g/mol. The first kappa shape index (κ1) is 15.0. The molecule has 0 amide bonds. The third kappa shape index (κ3) is 4.30. The van der Waals surface area contributed by atoms with E-state index in [-0.39, 0.29) is 12.0 Å². The minimum absolute atomic E-state index is 0.0644. The Bertz CT molecular complexity index is 373. The van der Waals surface area contributed by atoms with Crippen LogP contribution in [0.3, 0.4) is 0 Å². The number of aliphatic hydroxyl groups is 1. The number of hydrogen-bond donors (Lipinski definition) is 2. The van der Waals surface area contributed by atoms with Crippen molar-refractivity contribution in [3.05, 3.63) is 34.3 Å². The lowest BCUT2D eigenvalue weighted by molar-refractivity contribution is 0.127. The summed E-state index contributed by atoms with van der Waals surface area (Å²) in [5.74, 6) is 0.896. The van der Waals surface area contributed by atoms with Crippen LogP contribution in [0.4, 0.5) is 0 Å². The Balaban J connectivity index is 1.90. The highest BCUT2D eigenvalue weighted by Crippen LogP contribution is 2.31. The van der Waals surface area contributed by atoms with Gasteiger partial charge in [0.15, 0.2) is 0 Å². The van der Waals surface area contributed by atoms with Gasteiger partial charge in [-0.3, -0.25) is 0 Å². The summed E-state index contributed by atoms with van der Waals surface area (Å²) in [5.41, 5.74) is 7.00. The van der Waals surface area contributed by atoms with Gasteiger partial charge in [0.25, 0.3) is 0 Å². The Kier molecular flexibility index (Phi) is 5.86. The maximum atomic E-state index is 10.4. The van der Waals surface area contributed by atoms with Gasteiger partial charge in [-0.15, -0.1) is 0 Å². The molecule has 3 heteroatoms. The van der Waals surface area contributed by atoms with E-state index >= 15 is 0 Å². The zero-order valence-electron chi connectivity index (χ0n) is 11.4. The van der Waals surface area contributed by atoms with Crippen molar-refractivity contribution in [2.45, 2.75) is 50.5 Å². The number of aliphatic hydroxyl groups excluding tert-OH is 1. The van der Waals surface area contributed by atoms with E-state index in [1.165, 1.54) is 25.7 Å². The quantitative estimate of drug-likeness (QED) is 0.835. The van der Waals surface area contributed by atoms with Crippen LogP contribution in [-0.2, 0) is 0 Å². The highest BCUT2D eigenvalue weighted by atomic mass is 79.9. The number of nitrogens with two attached hydrogens (primary N) is 1. The number of benzene rings is 1. The lowest BCUT2D eigenvalue weighted by Crippen LogP contribution is -2.26. The van der Waals surface area contributed by atoms with Gasteiger partial charge in [-0.05, 0) is 36.5 Å². The third-order valence-corrected chi connectivity index (χ3v) is 4.89. The zero-order valence-corrected chi connectivity index (χ0v) is 13.0. The molecule has 19 heavy (non-hydrogen) atoms. The first-order chi connectivity index (χ1) is 9.20. The van der Waals surface area contributed by atoms with E-state index in [2.05, 4.69) is 28.1 Å². The average Bonchev–Trinajstić information content (AvgIpc) is 2.92. The van der Waals surface area contributed by atoms with Gasteiger partial charge in [-0.2, -0.15) is 0 Å². The minimum atomic E-state index is -0.313. The molecule has 0 spiro atoms. The summed E-state index contributed by atoms with van der Waals surface area (Å²) < 4.78 is 1.06. The van der Waals surface area contributed by atoms with Gasteiger partial charge in [0.2, 0.25) is 0 Å². The first-order valence-corrected chi connectivity index (χ1v) is 8.13. The van der Waals surface area contributed by atoms with Crippen molar-refractivity contribution in [3.8, 4) is 0 Å². The van der Waals surface area contributed by atoms with Crippen LogP contribution < -0.4 is 5.73 Å². The third-order valence-electron chi connectivity index (χ3n) is 4.36. The van der Waals surface area contributed by atoms with Crippen molar-refractivity contribution in [1.29, 1.82) is 0 Å².